The molecule has 0 amide bonds. The molecule has 0 bridgehead atoms. The lowest BCUT2D eigenvalue weighted by atomic mass is 10.2. The van der Waals surface area contributed by atoms with E-state index in [0.717, 1.165) is 18.0 Å². The van der Waals surface area contributed by atoms with Gasteiger partial charge in [-0.2, -0.15) is 0 Å². The lowest BCUT2D eigenvalue weighted by Gasteiger charge is -1.93. The van der Waals surface area contributed by atoms with E-state index in [0.29, 0.717) is 16.7 Å². The van der Waals surface area contributed by atoms with Gasteiger partial charge in [0.25, 0.3) is 5.22 Å². The maximum absolute atomic E-state index is 12.7. The first kappa shape index (κ1) is 10.8. The molecule has 0 atom stereocenters. The molecule has 6 heteroatoms. The summed E-state index contributed by atoms with van der Waals surface area (Å²) in [6.07, 6.45) is 0.756. The van der Waals surface area contributed by atoms with Crippen LogP contribution in [0.2, 0.25) is 0 Å². The van der Waals surface area contributed by atoms with Crippen molar-refractivity contribution in [2.24, 2.45) is 0 Å². The Kier molecular flexibility index (Phi) is 3.31. The van der Waals surface area contributed by atoms with E-state index in [-0.39, 0.29) is 11.6 Å². The van der Waals surface area contributed by atoms with Crippen LogP contribution in [-0.4, -0.2) is 22.2 Å². The van der Waals surface area contributed by atoms with Crippen molar-refractivity contribution in [2.45, 2.75) is 5.22 Å². The number of hydrogen-bond acceptors (Lipinski definition) is 5. The minimum Gasteiger partial charge on any atom is -0.411 e. The third kappa shape index (κ3) is 2.46. The van der Waals surface area contributed by atoms with Crippen molar-refractivity contribution >= 4 is 18.0 Å². The first-order chi connectivity index (χ1) is 7.79. The summed E-state index contributed by atoms with van der Waals surface area (Å²) in [7, 11) is 0. The highest BCUT2D eigenvalue weighted by molar-refractivity contribution is 7.99. The summed E-state index contributed by atoms with van der Waals surface area (Å²) in [5, 5.41) is 7.86. The lowest BCUT2D eigenvalue weighted by Crippen LogP contribution is -1.78. The largest absolute Gasteiger partial charge is 0.411 e. The molecular weight excluding hydrogens is 231 g/mol. The first-order valence-electron chi connectivity index (χ1n) is 4.45. The normalized spacial score (nSPS) is 10.3. The molecule has 0 radical (unpaired) electrons. The van der Waals surface area contributed by atoms with E-state index in [2.05, 4.69) is 10.2 Å². The number of aromatic nitrogens is 2. The molecular formula is C10H7FN2O2S. The molecule has 0 aliphatic rings. The van der Waals surface area contributed by atoms with Gasteiger partial charge in [0, 0.05) is 5.56 Å². The molecule has 4 nitrogen and oxygen atoms in total. The number of nitrogens with zero attached hydrogens (tertiary/aromatic N) is 2. The third-order valence-electron chi connectivity index (χ3n) is 1.77. The maximum Gasteiger partial charge on any atom is 0.277 e. The number of thioether (sulfide) groups is 1. The predicted molar refractivity (Wildman–Crippen MR) is 56.5 cm³/mol. The van der Waals surface area contributed by atoms with Crippen molar-refractivity contribution in [2.75, 3.05) is 5.75 Å². The van der Waals surface area contributed by atoms with Crippen molar-refractivity contribution in [1.29, 1.82) is 0 Å². The highest BCUT2D eigenvalue weighted by atomic mass is 32.2. The predicted octanol–water partition coefficient (Wildman–Crippen LogP) is 2.17. The van der Waals surface area contributed by atoms with Crippen molar-refractivity contribution in [3.05, 3.63) is 30.1 Å². The van der Waals surface area contributed by atoms with E-state index in [1.54, 1.807) is 12.1 Å². The van der Waals surface area contributed by atoms with Crippen LogP contribution in [0.25, 0.3) is 11.5 Å². The van der Waals surface area contributed by atoms with Gasteiger partial charge in [-0.05, 0) is 24.3 Å². The molecule has 2 rings (SSSR count). The third-order valence-corrected chi connectivity index (χ3v) is 2.49. The Morgan fingerprint density at radius 2 is 2.06 bits per heavy atom. The second kappa shape index (κ2) is 4.89. The fourth-order valence-electron chi connectivity index (χ4n) is 1.08. The Morgan fingerprint density at radius 3 is 2.75 bits per heavy atom. The Labute approximate surface area is 94.9 Å². The van der Waals surface area contributed by atoms with Crippen LogP contribution < -0.4 is 0 Å². The zero-order valence-corrected chi connectivity index (χ0v) is 8.91. The average molecular weight is 238 g/mol. The van der Waals surface area contributed by atoms with Gasteiger partial charge in [0.05, 0.1) is 5.75 Å². The number of carbonyl (C=O) groups excluding carboxylic acids is 1. The van der Waals surface area contributed by atoms with Gasteiger partial charge in [-0.15, -0.1) is 10.2 Å². The summed E-state index contributed by atoms with van der Waals surface area (Å²) < 4.78 is 17.9. The molecule has 0 saturated carbocycles. The quantitative estimate of drug-likeness (QED) is 0.603. The summed E-state index contributed by atoms with van der Waals surface area (Å²) in [5.41, 5.74) is 0.645. The molecule has 82 valence electrons. The van der Waals surface area contributed by atoms with E-state index in [9.17, 15) is 9.18 Å². The smallest absolute Gasteiger partial charge is 0.277 e. The molecule has 0 saturated heterocycles. The molecule has 0 fully saturated rings. The number of hydrogen-bond donors (Lipinski definition) is 0. The second-order valence-corrected chi connectivity index (χ2v) is 3.83. The molecule has 1 aromatic carbocycles. The fraction of sp³-hybridized carbons (Fsp3) is 0.100. The van der Waals surface area contributed by atoms with Crippen LogP contribution in [0.3, 0.4) is 0 Å². The van der Waals surface area contributed by atoms with Crippen LogP contribution in [0, 0.1) is 5.82 Å². The summed E-state index contributed by atoms with van der Waals surface area (Å²) in [6, 6.07) is 5.74. The molecule has 0 spiro atoms. The van der Waals surface area contributed by atoms with Gasteiger partial charge >= 0.3 is 0 Å². The molecule has 1 aromatic heterocycles. The van der Waals surface area contributed by atoms with Crippen molar-refractivity contribution < 1.29 is 13.6 Å². The maximum atomic E-state index is 12.7. The van der Waals surface area contributed by atoms with Gasteiger partial charge in [0.2, 0.25) is 5.89 Å². The zero-order valence-electron chi connectivity index (χ0n) is 8.09. The topological polar surface area (TPSA) is 56.0 Å². The Morgan fingerprint density at radius 1 is 1.31 bits per heavy atom. The van der Waals surface area contributed by atoms with Gasteiger partial charge in [-0.3, -0.25) is 0 Å². The summed E-state index contributed by atoms with van der Waals surface area (Å²) in [4.78, 5) is 10.1. The molecule has 16 heavy (non-hydrogen) atoms. The number of carbonyl (C=O) groups is 1. The zero-order chi connectivity index (χ0) is 11.4. The fourth-order valence-corrected chi connectivity index (χ4v) is 1.53. The lowest BCUT2D eigenvalue weighted by molar-refractivity contribution is -0.105. The minimum atomic E-state index is -0.321. The SMILES string of the molecule is O=CCSc1nnc(-c2ccc(F)cc2)o1. The highest BCUT2D eigenvalue weighted by Crippen LogP contribution is 2.22. The summed E-state index contributed by atoms with van der Waals surface area (Å²) in [5.74, 6) is 0.262. The second-order valence-electron chi connectivity index (χ2n) is 2.86. The van der Waals surface area contributed by atoms with Crippen LogP contribution in [0.5, 0.6) is 0 Å². The molecule has 0 N–H and O–H groups in total. The summed E-state index contributed by atoms with van der Waals surface area (Å²) >= 11 is 1.16. The van der Waals surface area contributed by atoms with Gasteiger partial charge < -0.3 is 9.21 Å². The molecule has 0 aliphatic heterocycles. The van der Waals surface area contributed by atoms with Crippen molar-refractivity contribution in [1.82, 2.24) is 10.2 Å². The van der Waals surface area contributed by atoms with Crippen LogP contribution in [0.1, 0.15) is 0 Å². The number of aldehydes is 1. The standard InChI is InChI=1S/C10H7FN2O2S/c11-8-3-1-7(2-4-8)9-12-13-10(15-9)16-6-5-14/h1-5H,6H2. The van der Waals surface area contributed by atoms with Crippen LogP contribution in [0.4, 0.5) is 4.39 Å². The first-order valence-corrected chi connectivity index (χ1v) is 5.44. The number of rotatable bonds is 4. The molecule has 2 aromatic rings. The van der Waals surface area contributed by atoms with Gasteiger partial charge in [-0.25, -0.2) is 4.39 Å². The Hall–Kier alpha value is -1.69. The van der Waals surface area contributed by atoms with E-state index >= 15 is 0 Å². The van der Waals surface area contributed by atoms with Crippen LogP contribution >= 0.6 is 11.8 Å². The van der Waals surface area contributed by atoms with Crippen molar-refractivity contribution in [3.63, 3.8) is 0 Å². The molecule has 0 unspecified atom stereocenters. The molecule has 1 heterocycles. The van der Waals surface area contributed by atoms with Gasteiger partial charge in [0.1, 0.15) is 12.1 Å². The monoisotopic (exact) mass is 238 g/mol. The van der Waals surface area contributed by atoms with Crippen molar-refractivity contribution in [3.8, 4) is 11.5 Å². The van der Waals surface area contributed by atoms with E-state index in [1.165, 1.54) is 12.1 Å². The highest BCUT2D eigenvalue weighted by Gasteiger charge is 2.08. The minimum absolute atomic E-state index is 0.269. The average Bonchev–Trinajstić information content (AvgIpc) is 2.76. The van der Waals surface area contributed by atoms with Gasteiger partial charge in [0.15, 0.2) is 0 Å². The Balaban J connectivity index is 2.17. The number of benzene rings is 1. The van der Waals surface area contributed by atoms with E-state index in [1.807, 2.05) is 0 Å². The van der Waals surface area contributed by atoms with Crippen LogP contribution in [-0.2, 0) is 4.79 Å². The number of halogens is 1. The summed E-state index contributed by atoms with van der Waals surface area (Å²) in [6.45, 7) is 0. The van der Waals surface area contributed by atoms with E-state index < -0.39 is 0 Å². The molecule has 0 aliphatic carbocycles. The van der Waals surface area contributed by atoms with Crippen LogP contribution in [0.15, 0.2) is 33.9 Å². The Bertz CT molecular complexity index is 484. The van der Waals surface area contributed by atoms with Gasteiger partial charge in [-0.1, -0.05) is 11.8 Å². The van der Waals surface area contributed by atoms with E-state index in [4.69, 9.17) is 4.42 Å².